The Morgan fingerprint density at radius 3 is 2.58 bits per heavy atom. The Morgan fingerprint density at radius 1 is 1.18 bits per heavy atom. The molecule has 200 valence electrons. The molecule has 0 unspecified atom stereocenters. The van der Waals surface area contributed by atoms with Crippen LogP contribution in [0.1, 0.15) is 45.7 Å². The molecule has 0 spiro atoms. The smallest absolute Gasteiger partial charge is 0.336 e. The van der Waals surface area contributed by atoms with Gasteiger partial charge >= 0.3 is 5.97 Å². The summed E-state index contributed by atoms with van der Waals surface area (Å²) in [5, 5.41) is 19.5. The number of carboxylic acid groups (broad SMARTS) is 1. The van der Waals surface area contributed by atoms with E-state index < -0.39 is 5.97 Å². The normalized spacial score (nSPS) is 18.4. The van der Waals surface area contributed by atoms with Gasteiger partial charge in [-0.05, 0) is 44.2 Å². The zero-order chi connectivity index (χ0) is 27.4. The molecule has 3 atom stereocenters. The molecule has 1 amide bonds. The SMILES string of the molecule is Cc1ccc(-c2cnc3c(c2)C(=O)N([C@@H](C)CO)C[C@@H](C)[C@H](CN(C)Cc2ccccc2C(=O)O)O3)cc1. The van der Waals surface area contributed by atoms with Gasteiger partial charge in [0.25, 0.3) is 5.91 Å². The molecule has 2 N–H and O–H groups in total. The maximum absolute atomic E-state index is 13.7. The lowest BCUT2D eigenvalue weighted by Crippen LogP contribution is -2.49. The lowest BCUT2D eigenvalue weighted by molar-refractivity contribution is 0.0325. The molecule has 8 nitrogen and oxygen atoms in total. The van der Waals surface area contributed by atoms with E-state index in [1.807, 2.05) is 75.2 Å². The Morgan fingerprint density at radius 2 is 1.89 bits per heavy atom. The third-order valence-electron chi connectivity index (χ3n) is 7.09. The predicted octanol–water partition coefficient (Wildman–Crippen LogP) is 4.11. The molecule has 0 saturated heterocycles. The third-order valence-corrected chi connectivity index (χ3v) is 7.09. The lowest BCUT2D eigenvalue weighted by atomic mass is 9.98. The summed E-state index contributed by atoms with van der Waals surface area (Å²) in [6, 6.07) is 16.4. The van der Waals surface area contributed by atoms with Gasteiger partial charge in [0.15, 0.2) is 0 Å². The van der Waals surface area contributed by atoms with Gasteiger partial charge in [-0.25, -0.2) is 9.78 Å². The number of carbonyl (C=O) groups is 2. The van der Waals surface area contributed by atoms with Gasteiger partial charge in [0.1, 0.15) is 11.7 Å². The second kappa shape index (κ2) is 11.8. The highest BCUT2D eigenvalue weighted by atomic mass is 16.5. The first-order valence-electron chi connectivity index (χ1n) is 12.8. The maximum Gasteiger partial charge on any atom is 0.336 e. The second-order valence-corrected chi connectivity index (χ2v) is 10.2. The minimum Gasteiger partial charge on any atom is -0.478 e. The van der Waals surface area contributed by atoms with Crippen LogP contribution in [0.5, 0.6) is 5.88 Å². The van der Waals surface area contributed by atoms with Gasteiger partial charge in [0.05, 0.1) is 18.2 Å². The van der Waals surface area contributed by atoms with Crippen molar-refractivity contribution in [2.75, 3.05) is 26.7 Å². The Bertz CT molecular complexity index is 1290. The highest BCUT2D eigenvalue weighted by molar-refractivity contribution is 5.98. The van der Waals surface area contributed by atoms with E-state index in [0.29, 0.717) is 30.8 Å². The number of aliphatic hydroxyl groups excluding tert-OH is 1. The van der Waals surface area contributed by atoms with Gasteiger partial charge in [0.2, 0.25) is 5.88 Å². The molecule has 0 radical (unpaired) electrons. The van der Waals surface area contributed by atoms with Crippen molar-refractivity contribution in [1.82, 2.24) is 14.8 Å². The van der Waals surface area contributed by atoms with Crippen molar-refractivity contribution >= 4 is 11.9 Å². The van der Waals surface area contributed by atoms with Crippen molar-refractivity contribution in [2.24, 2.45) is 5.92 Å². The van der Waals surface area contributed by atoms with Crippen molar-refractivity contribution in [2.45, 2.75) is 39.5 Å². The summed E-state index contributed by atoms with van der Waals surface area (Å²) in [5.74, 6) is -0.995. The summed E-state index contributed by atoms with van der Waals surface area (Å²) in [6.07, 6.45) is 1.39. The molecular formula is C30H35N3O5. The van der Waals surface area contributed by atoms with Crippen LogP contribution in [0.3, 0.4) is 0 Å². The first kappa shape index (κ1) is 27.3. The van der Waals surface area contributed by atoms with Crippen molar-refractivity contribution in [1.29, 1.82) is 0 Å². The van der Waals surface area contributed by atoms with Gasteiger partial charge < -0.3 is 19.8 Å². The predicted molar refractivity (Wildman–Crippen MR) is 145 cm³/mol. The van der Waals surface area contributed by atoms with Gasteiger partial charge in [-0.3, -0.25) is 9.69 Å². The van der Waals surface area contributed by atoms with E-state index in [-0.39, 0.29) is 42.0 Å². The molecule has 0 aliphatic carbocycles. The number of carboxylic acids is 1. The van der Waals surface area contributed by atoms with E-state index in [1.165, 1.54) is 0 Å². The minimum atomic E-state index is -0.959. The number of aromatic nitrogens is 1. The summed E-state index contributed by atoms with van der Waals surface area (Å²) in [7, 11) is 1.92. The number of aryl methyl sites for hydroxylation is 1. The molecule has 0 bridgehead atoms. The van der Waals surface area contributed by atoms with Crippen LogP contribution >= 0.6 is 0 Å². The fourth-order valence-corrected chi connectivity index (χ4v) is 4.75. The van der Waals surface area contributed by atoms with E-state index in [1.54, 1.807) is 23.2 Å². The Hall–Kier alpha value is -3.75. The highest BCUT2D eigenvalue weighted by Gasteiger charge is 2.34. The summed E-state index contributed by atoms with van der Waals surface area (Å²) >= 11 is 0. The van der Waals surface area contributed by atoms with Crippen LogP contribution in [0.15, 0.2) is 60.8 Å². The Labute approximate surface area is 223 Å². The monoisotopic (exact) mass is 517 g/mol. The van der Waals surface area contributed by atoms with E-state index >= 15 is 0 Å². The number of fused-ring (bicyclic) bond motifs is 1. The van der Waals surface area contributed by atoms with Crippen molar-refractivity contribution in [3.8, 4) is 17.0 Å². The molecule has 8 heteroatoms. The molecule has 0 saturated carbocycles. The fourth-order valence-electron chi connectivity index (χ4n) is 4.75. The number of amides is 1. The molecule has 2 heterocycles. The summed E-state index contributed by atoms with van der Waals surface area (Å²) in [5.41, 5.74) is 4.25. The number of carbonyl (C=O) groups excluding carboxylic acids is 1. The quantitative estimate of drug-likeness (QED) is 0.464. The van der Waals surface area contributed by atoms with E-state index in [9.17, 15) is 19.8 Å². The van der Waals surface area contributed by atoms with Gasteiger partial charge in [0, 0.05) is 37.3 Å². The Balaban J connectivity index is 1.65. The van der Waals surface area contributed by atoms with Crippen LogP contribution in [-0.2, 0) is 6.54 Å². The van der Waals surface area contributed by atoms with Crippen molar-refractivity contribution in [3.63, 3.8) is 0 Å². The number of benzene rings is 2. The van der Waals surface area contributed by atoms with Gasteiger partial charge in [-0.15, -0.1) is 0 Å². The van der Waals surface area contributed by atoms with Crippen molar-refractivity contribution < 1.29 is 24.5 Å². The summed E-state index contributed by atoms with van der Waals surface area (Å²) < 4.78 is 6.40. The second-order valence-electron chi connectivity index (χ2n) is 10.2. The van der Waals surface area contributed by atoms with Crippen LogP contribution in [0, 0.1) is 12.8 Å². The number of likely N-dealkylation sites (N-methyl/N-ethyl adjacent to an activating group) is 1. The molecule has 1 aliphatic heterocycles. The first-order chi connectivity index (χ1) is 18.2. The molecular weight excluding hydrogens is 482 g/mol. The van der Waals surface area contributed by atoms with E-state index in [0.717, 1.165) is 16.7 Å². The first-order valence-corrected chi connectivity index (χ1v) is 12.8. The number of aliphatic hydroxyl groups is 1. The average molecular weight is 518 g/mol. The molecule has 4 rings (SSSR count). The number of hydrogen-bond donors (Lipinski definition) is 2. The lowest BCUT2D eigenvalue weighted by Gasteiger charge is -2.37. The van der Waals surface area contributed by atoms with Crippen LogP contribution < -0.4 is 4.74 Å². The fraction of sp³-hybridized carbons (Fsp3) is 0.367. The zero-order valence-electron chi connectivity index (χ0n) is 22.3. The number of hydrogen-bond acceptors (Lipinski definition) is 6. The maximum atomic E-state index is 13.7. The standard InChI is InChI=1S/C30H35N3O5/c1-19-9-11-22(12-10-19)24-13-26-28(31-14-24)38-27(20(2)15-33(29(26)35)21(3)18-34)17-32(4)16-23-7-5-6-8-25(23)30(36)37/h5-14,20-21,27,34H,15-18H2,1-4H3,(H,36,37)/t20-,21+,27+/m1/s1. The molecule has 1 aromatic heterocycles. The summed E-state index contributed by atoms with van der Waals surface area (Å²) in [6.45, 7) is 7.03. The zero-order valence-corrected chi connectivity index (χ0v) is 22.3. The van der Waals surface area contributed by atoms with Crippen molar-refractivity contribution in [3.05, 3.63) is 83.0 Å². The Kier molecular flexibility index (Phi) is 8.44. The number of rotatable bonds is 8. The van der Waals surface area contributed by atoms with Crippen LogP contribution in [-0.4, -0.2) is 75.8 Å². The van der Waals surface area contributed by atoms with Crippen LogP contribution in [0.25, 0.3) is 11.1 Å². The highest BCUT2D eigenvalue weighted by Crippen LogP contribution is 2.30. The van der Waals surface area contributed by atoms with E-state index in [4.69, 9.17) is 4.74 Å². The minimum absolute atomic E-state index is 0.0724. The van der Waals surface area contributed by atoms with Crippen LogP contribution in [0.2, 0.25) is 0 Å². The van der Waals surface area contributed by atoms with E-state index in [2.05, 4.69) is 4.98 Å². The third kappa shape index (κ3) is 6.03. The van der Waals surface area contributed by atoms with Crippen LogP contribution in [0.4, 0.5) is 0 Å². The average Bonchev–Trinajstić information content (AvgIpc) is 2.90. The molecule has 0 fully saturated rings. The molecule has 2 aromatic carbocycles. The van der Waals surface area contributed by atoms with Gasteiger partial charge in [-0.2, -0.15) is 0 Å². The molecule has 3 aromatic rings. The number of nitrogens with zero attached hydrogens (tertiary/aromatic N) is 3. The number of pyridine rings is 1. The number of aromatic carboxylic acids is 1. The topological polar surface area (TPSA) is 103 Å². The largest absolute Gasteiger partial charge is 0.478 e. The molecule has 1 aliphatic rings. The number of ether oxygens (including phenoxy) is 1. The summed E-state index contributed by atoms with van der Waals surface area (Å²) in [4.78, 5) is 33.6. The molecule has 38 heavy (non-hydrogen) atoms. The van der Waals surface area contributed by atoms with Gasteiger partial charge in [-0.1, -0.05) is 55.0 Å².